The molecule has 0 N–H and O–H groups in total. The molecule has 0 saturated carbocycles. The fourth-order valence-corrected chi connectivity index (χ4v) is 6.81. The van der Waals surface area contributed by atoms with Crippen molar-refractivity contribution in [3.05, 3.63) is 182 Å². The summed E-state index contributed by atoms with van der Waals surface area (Å²) in [6, 6.07) is 58.5. The van der Waals surface area contributed by atoms with Gasteiger partial charge in [-0.05, 0) is 96.9 Å². The lowest BCUT2D eigenvalue weighted by Crippen LogP contribution is -2.10. The highest BCUT2D eigenvalue weighted by atomic mass is 15.1. The van der Waals surface area contributed by atoms with Crippen molar-refractivity contribution >= 4 is 44.5 Å². The number of fused-ring (bicyclic) bond motifs is 4. The van der Waals surface area contributed by atoms with E-state index in [9.17, 15) is 0 Å². The van der Waals surface area contributed by atoms with E-state index in [1.807, 2.05) is 24.4 Å². The summed E-state index contributed by atoms with van der Waals surface area (Å²) < 4.78 is 4.44. The number of aryl methyl sites for hydroxylation is 1. The van der Waals surface area contributed by atoms with E-state index in [0.29, 0.717) is 0 Å². The number of imidazole rings is 1. The number of rotatable bonds is 6. The lowest BCUT2D eigenvalue weighted by atomic mass is 10.0. The van der Waals surface area contributed by atoms with Gasteiger partial charge < -0.3 is 13.9 Å². The Morgan fingerprint density at radius 1 is 0.500 bits per heavy atom. The van der Waals surface area contributed by atoms with Crippen LogP contribution in [0.5, 0.6) is 0 Å². The van der Waals surface area contributed by atoms with Crippen molar-refractivity contribution in [1.29, 1.82) is 0 Å². The Hall–Kier alpha value is -6.39. The molecule has 3 aromatic heterocycles. The van der Waals surface area contributed by atoms with E-state index in [1.54, 1.807) is 0 Å². The number of aromatic nitrogens is 3. The molecule has 0 unspecified atom stereocenters. The third-order valence-corrected chi connectivity index (χ3v) is 9.22. The number of benzene rings is 6. The van der Waals surface area contributed by atoms with E-state index >= 15 is 0 Å². The smallest absolute Gasteiger partial charge is 0.137 e. The van der Waals surface area contributed by atoms with E-state index in [4.69, 9.17) is 4.98 Å². The summed E-state index contributed by atoms with van der Waals surface area (Å²) in [6.45, 7) is 2.13. The van der Waals surface area contributed by atoms with Gasteiger partial charge in [-0.15, -0.1) is 0 Å². The van der Waals surface area contributed by atoms with Gasteiger partial charge >= 0.3 is 0 Å². The molecule has 0 radical (unpaired) electrons. The molecular weight excluding hydrogens is 585 g/mol. The summed E-state index contributed by atoms with van der Waals surface area (Å²) in [5, 5.41) is 2.51. The molecule has 3 heterocycles. The summed E-state index contributed by atoms with van der Waals surface area (Å²) in [5.41, 5.74) is 13.5. The summed E-state index contributed by atoms with van der Waals surface area (Å²) in [7, 11) is 0. The number of anilines is 3. The first-order valence-electron chi connectivity index (χ1n) is 16.3. The van der Waals surface area contributed by atoms with Crippen molar-refractivity contribution in [3.63, 3.8) is 0 Å². The topological polar surface area (TPSA) is 25.5 Å². The van der Waals surface area contributed by atoms with Crippen LogP contribution in [0.1, 0.15) is 5.56 Å². The second-order valence-electron chi connectivity index (χ2n) is 12.3. The highest BCUT2D eigenvalue weighted by Gasteiger charge is 2.16. The van der Waals surface area contributed by atoms with E-state index < -0.39 is 0 Å². The van der Waals surface area contributed by atoms with Crippen molar-refractivity contribution in [3.8, 4) is 28.1 Å². The Morgan fingerprint density at radius 3 is 1.90 bits per heavy atom. The zero-order valence-electron chi connectivity index (χ0n) is 26.5. The van der Waals surface area contributed by atoms with Gasteiger partial charge in [0.15, 0.2) is 0 Å². The van der Waals surface area contributed by atoms with Crippen LogP contribution >= 0.6 is 0 Å². The minimum atomic E-state index is 0.942. The van der Waals surface area contributed by atoms with Crippen molar-refractivity contribution in [2.24, 2.45) is 0 Å². The number of para-hydroxylation sites is 2. The van der Waals surface area contributed by atoms with Crippen LogP contribution in [0, 0.1) is 6.92 Å². The Kier molecular flexibility index (Phi) is 6.65. The van der Waals surface area contributed by atoms with E-state index in [-0.39, 0.29) is 0 Å². The predicted molar refractivity (Wildman–Crippen MR) is 200 cm³/mol. The van der Waals surface area contributed by atoms with Crippen LogP contribution in [0.4, 0.5) is 17.1 Å². The zero-order chi connectivity index (χ0) is 32.0. The number of pyridine rings is 1. The molecule has 0 saturated heterocycles. The molecule has 0 bridgehead atoms. The quantitative estimate of drug-likeness (QED) is 0.186. The van der Waals surface area contributed by atoms with Crippen LogP contribution in [0.25, 0.3) is 55.5 Å². The summed E-state index contributed by atoms with van der Waals surface area (Å²) in [6.07, 6.45) is 4.11. The lowest BCUT2D eigenvalue weighted by molar-refractivity contribution is 1.17. The lowest BCUT2D eigenvalue weighted by Gasteiger charge is -2.26. The molecule has 9 rings (SSSR count). The maximum absolute atomic E-state index is 4.82. The number of nitrogens with zero attached hydrogens (tertiary/aromatic N) is 4. The van der Waals surface area contributed by atoms with Crippen molar-refractivity contribution < 1.29 is 0 Å². The van der Waals surface area contributed by atoms with Gasteiger partial charge in [0.25, 0.3) is 0 Å². The third kappa shape index (κ3) is 4.83. The van der Waals surface area contributed by atoms with Crippen LogP contribution < -0.4 is 4.90 Å². The van der Waals surface area contributed by atoms with Crippen molar-refractivity contribution in [2.45, 2.75) is 6.92 Å². The average Bonchev–Trinajstić information content (AvgIpc) is 3.73. The van der Waals surface area contributed by atoms with Gasteiger partial charge in [0.1, 0.15) is 5.65 Å². The monoisotopic (exact) mass is 616 g/mol. The molecule has 0 spiro atoms. The summed E-state index contributed by atoms with van der Waals surface area (Å²) in [4.78, 5) is 7.12. The van der Waals surface area contributed by atoms with Crippen LogP contribution in [-0.4, -0.2) is 14.0 Å². The Morgan fingerprint density at radius 2 is 1.12 bits per heavy atom. The van der Waals surface area contributed by atoms with Gasteiger partial charge in [0.05, 0.1) is 16.7 Å². The summed E-state index contributed by atoms with van der Waals surface area (Å²) >= 11 is 0. The molecule has 0 fully saturated rings. The van der Waals surface area contributed by atoms with Gasteiger partial charge in [-0.1, -0.05) is 90.5 Å². The van der Waals surface area contributed by atoms with E-state index in [1.165, 1.54) is 38.5 Å². The van der Waals surface area contributed by atoms with Crippen LogP contribution in [0.2, 0.25) is 0 Å². The molecule has 4 heteroatoms. The SMILES string of the molecule is Cc1ccc(-c2ccc3c(c2)c2ccccc2n3-c2ccc(N(c3ccccc3)c3ccc(-c4cn5ccccc5n4)cc3)cc2)cc1. The summed E-state index contributed by atoms with van der Waals surface area (Å²) in [5.74, 6) is 0. The maximum Gasteiger partial charge on any atom is 0.137 e. The highest BCUT2D eigenvalue weighted by molar-refractivity contribution is 6.10. The maximum atomic E-state index is 4.82. The predicted octanol–water partition coefficient (Wildman–Crippen LogP) is 11.5. The van der Waals surface area contributed by atoms with Crippen molar-refractivity contribution in [2.75, 3.05) is 4.90 Å². The van der Waals surface area contributed by atoms with Gasteiger partial charge in [0.2, 0.25) is 0 Å². The molecule has 4 nitrogen and oxygen atoms in total. The highest BCUT2D eigenvalue weighted by Crippen LogP contribution is 2.38. The molecular formula is C44H32N4. The molecule has 0 aliphatic heterocycles. The molecule has 0 atom stereocenters. The Balaban J connectivity index is 1.11. The number of hydrogen-bond acceptors (Lipinski definition) is 2. The average molecular weight is 617 g/mol. The fraction of sp³-hybridized carbons (Fsp3) is 0.0227. The van der Waals surface area contributed by atoms with Gasteiger partial charge in [-0.3, -0.25) is 0 Å². The third-order valence-electron chi connectivity index (χ3n) is 9.22. The minimum Gasteiger partial charge on any atom is -0.311 e. The molecule has 0 aliphatic carbocycles. The zero-order valence-corrected chi connectivity index (χ0v) is 26.5. The van der Waals surface area contributed by atoms with Gasteiger partial charge in [-0.2, -0.15) is 0 Å². The fourth-order valence-electron chi connectivity index (χ4n) is 6.81. The normalized spacial score (nSPS) is 11.4. The van der Waals surface area contributed by atoms with Crippen LogP contribution in [0.3, 0.4) is 0 Å². The van der Waals surface area contributed by atoms with Crippen LogP contribution in [0.15, 0.2) is 176 Å². The molecule has 9 aromatic rings. The van der Waals surface area contributed by atoms with Gasteiger partial charge in [-0.25, -0.2) is 4.98 Å². The Bertz CT molecular complexity index is 2510. The minimum absolute atomic E-state index is 0.942. The molecule has 6 aromatic carbocycles. The molecule has 0 amide bonds. The van der Waals surface area contributed by atoms with E-state index in [2.05, 4.69) is 173 Å². The molecule has 228 valence electrons. The second kappa shape index (κ2) is 11.4. The first-order chi connectivity index (χ1) is 23.7. The molecule has 0 aliphatic rings. The Labute approximate surface area is 279 Å². The van der Waals surface area contributed by atoms with Crippen LogP contribution in [-0.2, 0) is 0 Å². The largest absolute Gasteiger partial charge is 0.311 e. The van der Waals surface area contributed by atoms with Crippen molar-refractivity contribution in [1.82, 2.24) is 14.0 Å². The first kappa shape index (κ1) is 27.9. The number of hydrogen-bond donors (Lipinski definition) is 0. The van der Waals surface area contributed by atoms with Gasteiger partial charge in [0, 0.05) is 51.5 Å². The molecule has 48 heavy (non-hydrogen) atoms. The second-order valence-corrected chi connectivity index (χ2v) is 12.3. The first-order valence-corrected chi connectivity index (χ1v) is 16.3. The standard InChI is InChI=1S/C44H32N4/c1-31-14-16-32(17-15-31)34-20-27-43-40(29-34)39-11-5-6-12-42(39)48(43)38-25-23-37(24-26-38)47(35-9-3-2-4-10-35)36-21-18-33(19-22-36)41-30-46-28-8-7-13-44(46)45-41/h2-30H,1H3. The van der Waals surface area contributed by atoms with E-state index in [0.717, 1.165) is 39.7 Å².